The molecule has 1 heterocycles. The summed E-state index contributed by atoms with van der Waals surface area (Å²) in [6.07, 6.45) is 3.24. The van der Waals surface area contributed by atoms with Gasteiger partial charge >= 0.3 is 0 Å². The lowest BCUT2D eigenvalue weighted by Gasteiger charge is -2.14. The van der Waals surface area contributed by atoms with Crippen LogP contribution in [0, 0.1) is 0 Å². The van der Waals surface area contributed by atoms with Gasteiger partial charge in [0.2, 0.25) is 5.91 Å². The molecule has 3 rings (SSSR count). The van der Waals surface area contributed by atoms with E-state index in [9.17, 15) is 14.4 Å². The van der Waals surface area contributed by atoms with Gasteiger partial charge in [-0.2, -0.15) is 0 Å². The molecule has 1 aromatic heterocycles. The third-order valence-corrected chi connectivity index (χ3v) is 4.74. The maximum atomic E-state index is 12.9. The molecule has 0 radical (unpaired) electrons. The summed E-state index contributed by atoms with van der Waals surface area (Å²) >= 11 is 0. The Labute approximate surface area is 175 Å². The number of pyridine rings is 1. The molecule has 0 aliphatic heterocycles. The molecule has 0 spiro atoms. The number of aromatic nitrogens is 1. The van der Waals surface area contributed by atoms with Crippen LogP contribution in [0.5, 0.6) is 0 Å². The smallest absolute Gasteiger partial charge is 0.267 e. The van der Waals surface area contributed by atoms with Crippen molar-refractivity contribution in [2.45, 2.75) is 32.7 Å². The molecule has 0 fully saturated rings. The second kappa shape index (κ2) is 9.69. The maximum Gasteiger partial charge on any atom is 0.267 e. The number of hydrogen-bond donors (Lipinski definition) is 2. The van der Waals surface area contributed by atoms with Crippen LogP contribution >= 0.6 is 0 Å². The van der Waals surface area contributed by atoms with Crippen LogP contribution in [-0.2, 0) is 11.2 Å². The van der Waals surface area contributed by atoms with Crippen LogP contribution < -0.4 is 16.2 Å². The summed E-state index contributed by atoms with van der Waals surface area (Å²) < 4.78 is 1.42. The lowest BCUT2D eigenvalue weighted by molar-refractivity contribution is -0.114. The van der Waals surface area contributed by atoms with E-state index in [0.29, 0.717) is 11.4 Å². The molecule has 1 unspecified atom stereocenters. The van der Waals surface area contributed by atoms with Crippen molar-refractivity contribution in [3.8, 4) is 5.69 Å². The summed E-state index contributed by atoms with van der Waals surface area (Å²) in [5, 5.41) is 5.60. The first kappa shape index (κ1) is 21.0. The predicted octanol–water partition coefficient (Wildman–Crippen LogP) is 3.55. The number of amides is 2. The van der Waals surface area contributed by atoms with Crippen molar-refractivity contribution in [3.63, 3.8) is 0 Å². The highest BCUT2D eigenvalue weighted by Crippen LogP contribution is 2.12. The van der Waals surface area contributed by atoms with E-state index in [4.69, 9.17) is 0 Å². The van der Waals surface area contributed by atoms with Crippen molar-refractivity contribution < 1.29 is 9.59 Å². The Morgan fingerprint density at radius 3 is 2.33 bits per heavy atom. The SMILES string of the molecule is CC(=O)Nc1ccc(-n2cccc(C(=O)NC(C)CCc3ccccc3)c2=O)cc1. The zero-order chi connectivity index (χ0) is 21.5. The van der Waals surface area contributed by atoms with Crippen molar-refractivity contribution >= 4 is 17.5 Å². The Morgan fingerprint density at radius 1 is 0.967 bits per heavy atom. The van der Waals surface area contributed by atoms with Gasteiger partial charge < -0.3 is 10.6 Å². The molecule has 6 nitrogen and oxygen atoms in total. The van der Waals surface area contributed by atoms with Crippen molar-refractivity contribution in [3.05, 3.63) is 94.4 Å². The molecule has 2 amide bonds. The standard InChI is InChI=1S/C24H25N3O3/c1-17(10-11-19-7-4-3-5-8-19)25-23(29)22-9-6-16-27(24(22)30)21-14-12-20(13-15-21)26-18(2)28/h3-9,12-17H,10-11H2,1-2H3,(H,25,29)(H,26,28). The molecule has 0 aliphatic carbocycles. The molecule has 1 atom stereocenters. The molecule has 2 aromatic carbocycles. The number of benzene rings is 2. The molecular weight excluding hydrogens is 378 g/mol. The number of carbonyl (C=O) groups excluding carboxylic acids is 2. The van der Waals surface area contributed by atoms with Crippen LogP contribution in [0.4, 0.5) is 5.69 Å². The van der Waals surface area contributed by atoms with E-state index < -0.39 is 5.56 Å². The molecule has 3 aromatic rings. The van der Waals surface area contributed by atoms with Gasteiger partial charge in [0.05, 0.1) is 0 Å². The fourth-order valence-corrected chi connectivity index (χ4v) is 3.18. The van der Waals surface area contributed by atoms with E-state index in [-0.39, 0.29) is 23.4 Å². The minimum atomic E-state index is -0.391. The molecule has 0 saturated carbocycles. The van der Waals surface area contributed by atoms with Gasteiger partial charge in [-0.1, -0.05) is 30.3 Å². The molecule has 6 heteroatoms. The van der Waals surface area contributed by atoms with Gasteiger partial charge in [0.25, 0.3) is 11.5 Å². The fraction of sp³-hybridized carbons (Fsp3) is 0.208. The van der Waals surface area contributed by atoms with E-state index >= 15 is 0 Å². The normalized spacial score (nSPS) is 11.5. The van der Waals surface area contributed by atoms with Crippen LogP contribution in [0.1, 0.15) is 36.2 Å². The number of nitrogens with zero attached hydrogens (tertiary/aromatic N) is 1. The van der Waals surface area contributed by atoms with Gasteiger partial charge in [0, 0.05) is 30.5 Å². The minimum Gasteiger partial charge on any atom is -0.349 e. The Morgan fingerprint density at radius 2 is 1.67 bits per heavy atom. The van der Waals surface area contributed by atoms with Gasteiger partial charge in [-0.25, -0.2) is 0 Å². The second-order valence-corrected chi connectivity index (χ2v) is 7.22. The minimum absolute atomic E-state index is 0.0669. The first-order chi connectivity index (χ1) is 14.4. The molecule has 0 saturated heterocycles. The fourth-order valence-electron chi connectivity index (χ4n) is 3.18. The highest BCUT2D eigenvalue weighted by Gasteiger charge is 2.15. The van der Waals surface area contributed by atoms with Gasteiger partial charge in [-0.05, 0) is 61.7 Å². The first-order valence-corrected chi connectivity index (χ1v) is 9.88. The van der Waals surface area contributed by atoms with E-state index in [2.05, 4.69) is 22.8 Å². The number of rotatable bonds is 7. The number of aryl methyl sites for hydroxylation is 1. The van der Waals surface area contributed by atoms with Gasteiger partial charge in [-0.15, -0.1) is 0 Å². The third-order valence-electron chi connectivity index (χ3n) is 4.74. The van der Waals surface area contributed by atoms with Crippen LogP contribution in [0.25, 0.3) is 5.69 Å². The van der Waals surface area contributed by atoms with E-state index in [1.807, 2.05) is 25.1 Å². The van der Waals surface area contributed by atoms with Crippen molar-refractivity contribution in [2.24, 2.45) is 0 Å². The monoisotopic (exact) mass is 403 g/mol. The summed E-state index contributed by atoms with van der Waals surface area (Å²) in [5.41, 5.74) is 2.16. The van der Waals surface area contributed by atoms with Gasteiger partial charge in [-0.3, -0.25) is 19.0 Å². The first-order valence-electron chi connectivity index (χ1n) is 9.88. The van der Waals surface area contributed by atoms with Crippen molar-refractivity contribution in [1.82, 2.24) is 9.88 Å². The quantitative estimate of drug-likeness (QED) is 0.633. The van der Waals surface area contributed by atoms with Gasteiger partial charge in [0.1, 0.15) is 5.56 Å². The Kier molecular flexibility index (Phi) is 6.80. The van der Waals surface area contributed by atoms with E-state index in [0.717, 1.165) is 12.8 Å². The summed E-state index contributed by atoms with van der Waals surface area (Å²) in [7, 11) is 0. The van der Waals surface area contributed by atoms with Crippen LogP contribution in [-0.4, -0.2) is 22.4 Å². The number of anilines is 1. The topological polar surface area (TPSA) is 80.2 Å². The summed E-state index contributed by atoms with van der Waals surface area (Å²) in [4.78, 5) is 36.7. The Balaban J connectivity index is 1.70. The van der Waals surface area contributed by atoms with Gasteiger partial charge in [0.15, 0.2) is 0 Å². The highest BCUT2D eigenvalue weighted by atomic mass is 16.2. The third kappa shape index (κ3) is 5.44. The van der Waals surface area contributed by atoms with E-state index in [1.54, 1.807) is 36.5 Å². The highest BCUT2D eigenvalue weighted by molar-refractivity contribution is 5.94. The number of nitrogens with one attached hydrogen (secondary N) is 2. The van der Waals surface area contributed by atoms with Crippen LogP contribution in [0.3, 0.4) is 0 Å². The number of carbonyl (C=O) groups is 2. The zero-order valence-electron chi connectivity index (χ0n) is 17.1. The van der Waals surface area contributed by atoms with Crippen LogP contribution in [0.2, 0.25) is 0 Å². The average Bonchev–Trinajstić information content (AvgIpc) is 2.73. The van der Waals surface area contributed by atoms with E-state index in [1.165, 1.54) is 23.1 Å². The Hall–Kier alpha value is -3.67. The molecule has 2 N–H and O–H groups in total. The molecule has 0 aliphatic rings. The molecule has 0 bridgehead atoms. The maximum absolute atomic E-state index is 12.9. The molecule has 154 valence electrons. The largest absolute Gasteiger partial charge is 0.349 e. The number of hydrogen-bond acceptors (Lipinski definition) is 3. The second-order valence-electron chi connectivity index (χ2n) is 7.22. The molecule has 30 heavy (non-hydrogen) atoms. The average molecular weight is 403 g/mol. The lowest BCUT2D eigenvalue weighted by Crippen LogP contribution is -2.37. The van der Waals surface area contributed by atoms with Crippen LogP contribution in [0.15, 0.2) is 77.7 Å². The summed E-state index contributed by atoms with van der Waals surface area (Å²) in [6.45, 7) is 3.37. The van der Waals surface area contributed by atoms with Crippen molar-refractivity contribution in [1.29, 1.82) is 0 Å². The molecular formula is C24H25N3O3. The lowest BCUT2D eigenvalue weighted by atomic mass is 10.1. The Bertz CT molecular complexity index is 1070. The van der Waals surface area contributed by atoms with Crippen molar-refractivity contribution in [2.75, 3.05) is 5.32 Å². The predicted molar refractivity (Wildman–Crippen MR) is 118 cm³/mol. The summed E-state index contributed by atoms with van der Waals surface area (Å²) in [6, 6.07) is 20.1. The summed E-state index contributed by atoms with van der Waals surface area (Å²) in [5.74, 6) is -0.551. The zero-order valence-corrected chi connectivity index (χ0v) is 17.1.